The van der Waals surface area contributed by atoms with Crippen molar-refractivity contribution in [2.24, 2.45) is 0 Å². The lowest BCUT2D eigenvalue weighted by molar-refractivity contribution is 0.0595. The molecular weight excluding hydrogens is 431 g/mol. The predicted octanol–water partition coefficient (Wildman–Crippen LogP) is 3.45. The summed E-state index contributed by atoms with van der Waals surface area (Å²) in [6.07, 6.45) is 9.08. The van der Waals surface area contributed by atoms with Crippen LogP contribution in [0.4, 0.5) is 4.39 Å². The average molecular weight is 465 g/mol. The van der Waals surface area contributed by atoms with Gasteiger partial charge in [0, 0.05) is 38.8 Å². The first kappa shape index (κ1) is 23.5. The van der Waals surface area contributed by atoms with Gasteiger partial charge in [0.25, 0.3) is 0 Å². The van der Waals surface area contributed by atoms with E-state index in [1.54, 1.807) is 0 Å². The topological polar surface area (TPSA) is 59.3 Å². The number of hydrogen-bond donors (Lipinski definition) is 0. The molecule has 1 aliphatic carbocycles. The second-order valence-electron chi connectivity index (χ2n) is 9.17. The molecular formula is C23H34ClFN6O. The van der Waals surface area contributed by atoms with E-state index < -0.39 is 0 Å². The van der Waals surface area contributed by atoms with Crippen LogP contribution in [0.25, 0.3) is 0 Å². The van der Waals surface area contributed by atoms with Crippen LogP contribution in [0.15, 0.2) is 24.3 Å². The fraction of sp³-hybridized carbons (Fsp3) is 0.696. The Kier molecular flexibility index (Phi) is 8.10. The summed E-state index contributed by atoms with van der Waals surface area (Å²) in [6, 6.07) is 7.48. The molecule has 2 aromatic rings. The van der Waals surface area contributed by atoms with E-state index in [-0.39, 0.29) is 30.4 Å². The molecule has 0 spiro atoms. The summed E-state index contributed by atoms with van der Waals surface area (Å²) in [5.74, 6) is 0.608. The number of ether oxygens (including phenoxy) is 1. The highest BCUT2D eigenvalue weighted by molar-refractivity contribution is 5.85. The Hall–Kier alpha value is -1.61. The fourth-order valence-corrected chi connectivity index (χ4v) is 5.49. The van der Waals surface area contributed by atoms with Crippen molar-refractivity contribution in [3.8, 4) is 0 Å². The van der Waals surface area contributed by atoms with Gasteiger partial charge < -0.3 is 4.74 Å². The van der Waals surface area contributed by atoms with E-state index in [2.05, 4.69) is 25.3 Å². The van der Waals surface area contributed by atoms with Gasteiger partial charge >= 0.3 is 0 Å². The highest BCUT2D eigenvalue weighted by atomic mass is 35.5. The second kappa shape index (κ2) is 11.0. The van der Waals surface area contributed by atoms with Gasteiger partial charge in [0.2, 0.25) is 0 Å². The zero-order valence-electron chi connectivity index (χ0n) is 18.6. The molecule has 5 rings (SSSR count). The molecule has 3 fully saturated rings. The quantitative estimate of drug-likeness (QED) is 0.652. The molecule has 3 heterocycles. The molecule has 2 aliphatic heterocycles. The van der Waals surface area contributed by atoms with Crippen LogP contribution in [0, 0.1) is 5.82 Å². The average Bonchev–Trinajstić information content (AvgIpc) is 3.49. The monoisotopic (exact) mass is 464 g/mol. The van der Waals surface area contributed by atoms with Crippen molar-refractivity contribution in [2.45, 2.75) is 69.7 Å². The lowest BCUT2D eigenvalue weighted by Gasteiger charge is -2.43. The summed E-state index contributed by atoms with van der Waals surface area (Å²) in [7, 11) is 0. The molecule has 1 aromatic carbocycles. The van der Waals surface area contributed by atoms with Crippen molar-refractivity contribution in [1.29, 1.82) is 0 Å². The van der Waals surface area contributed by atoms with Crippen LogP contribution >= 0.6 is 12.4 Å². The zero-order valence-corrected chi connectivity index (χ0v) is 19.4. The molecule has 32 heavy (non-hydrogen) atoms. The van der Waals surface area contributed by atoms with Crippen molar-refractivity contribution in [2.75, 3.05) is 32.8 Å². The summed E-state index contributed by atoms with van der Waals surface area (Å²) < 4.78 is 21.4. The Labute approximate surface area is 195 Å². The largest absolute Gasteiger partial charge is 0.376 e. The molecule has 2 saturated heterocycles. The molecule has 2 unspecified atom stereocenters. The van der Waals surface area contributed by atoms with Gasteiger partial charge in [-0.1, -0.05) is 31.4 Å². The molecule has 7 nitrogen and oxygen atoms in total. The molecule has 2 atom stereocenters. The van der Waals surface area contributed by atoms with Crippen LogP contribution in [0.5, 0.6) is 0 Å². The van der Waals surface area contributed by atoms with E-state index in [1.807, 2.05) is 16.8 Å². The van der Waals surface area contributed by atoms with Crippen molar-refractivity contribution in [3.05, 3.63) is 41.5 Å². The van der Waals surface area contributed by atoms with Crippen molar-refractivity contribution < 1.29 is 9.13 Å². The summed E-state index contributed by atoms with van der Waals surface area (Å²) in [4.78, 5) is 5.14. The minimum atomic E-state index is -0.219. The summed E-state index contributed by atoms with van der Waals surface area (Å²) in [6.45, 7) is 5.54. The van der Waals surface area contributed by atoms with Crippen molar-refractivity contribution in [3.63, 3.8) is 0 Å². The number of benzene rings is 1. The van der Waals surface area contributed by atoms with E-state index in [0.717, 1.165) is 63.1 Å². The van der Waals surface area contributed by atoms with Gasteiger partial charge in [0.1, 0.15) is 5.82 Å². The maximum absolute atomic E-state index is 13.7. The predicted molar refractivity (Wildman–Crippen MR) is 122 cm³/mol. The van der Waals surface area contributed by atoms with E-state index in [0.29, 0.717) is 6.54 Å². The highest BCUT2D eigenvalue weighted by Crippen LogP contribution is 2.30. The van der Waals surface area contributed by atoms with Gasteiger partial charge in [0.05, 0.1) is 18.7 Å². The van der Waals surface area contributed by atoms with E-state index >= 15 is 0 Å². The molecule has 1 saturated carbocycles. The molecule has 0 amide bonds. The maximum atomic E-state index is 13.7. The molecule has 9 heteroatoms. The van der Waals surface area contributed by atoms with Gasteiger partial charge in [0.15, 0.2) is 5.82 Å². The Morgan fingerprint density at radius 3 is 2.41 bits per heavy atom. The van der Waals surface area contributed by atoms with Crippen LogP contribution < -0.4 is 0 Å². The number of tetrazole rings is 1. The first-order chi connectivity index (χ1) is 15.3. The number of nitrogens with zero attached hydrogens (tertiary/aromatic N) is 6. The minimum absolute atomic E-state index is 0. The molecule has 3 aliphatic rings. The molecule has 0 N–H and O–H groups in total. The van der Waals surface area contributed by atoms with Crippen molar-refractivity contribution in [1.82, 2.24) is 30.0 Å². The van der Waals surface area contributed by atoms with Crippen LogP contribution in [-0.4, -0.2) is 74.9 Å². The van der Waals surface area contributed by atoms with Gasteiger partial charge in [-0.3, -0.25) is 9.80 Å². The normalized spacial score (nSPS) is 24.3. The van der Waals surface area contributed by atoms with Crippen LogP contribution in [0.1, 0.15) is 62.4 Å². The number of piperazine rings is 1. The third-order valence-electron chi connectivity index (χ3n) is 7.20. The molecule has 176 valence electrons. The zero-order chi connectivity index (χ0) is 21.0. The van der Waals surface area contributed by atoms with Crippen LogP contribution in [-0.2, 0) is 11.3 Å². The molecule has 1 aromatic heterocycles. The van der Waals surface area contributed by atoms with Crippen LogP contribution in [0.2, 0.25) is 0 Å². The van der Waals surface area contributed by atoms with Crippen molar-refractivity contribution >= 4 is 12.4 Å². The smallest absolute Gasteiger partial charge is 0.173 e. The number of hydrogen-bond acceptors (Lipinski definition) is 6. The van der Waals surface area contributed by atoms with Gasteiger partial charge in [-0.05, 0) is 53.8 Å². The van der Waals surface area contributed by atoms with E-state index in [4.69, 9.17) is 4.74 Å². The molecule has 0 bridgehead atoms. The summed E-state index contributed by atoms with van der Waals surface area (Å²) >= 11 is 0. The number of aromatic nitrogens is 4. The number of rotatable bonds is 6. The standard InChI is InChI=1S/C23H33FN6O.ClH/c24-19-10-8-18(9-11-19)22(23-25-26-27-30(23)17-21-7-4-16-31-21)29-14-12-28(13-15-29)20-5-2-1-3-6-20;/h8-11,20-22H,1-7,12-17H2;1H. The Balaban J connectivity index is 0.00000245. The highest BCUT2D eigenvalue weighted by Gasteiger charge is 2.33. The first-order valence-electron chi connectivity index (χ1n) is 11.9. The Bertz CT molecular complexity index is 829. The Morgan fingerprint density at radius 2 is 1.72 bits per heavy atom. The third kappa shape index (κ3) is 5.30. The van der Waals surface area contributed by atoms with Crippen LogP contribution in [0.3, 0.4) is 0 Å². The third-order valence-corrected chi connectivity index (χ3v) is 7.20. The van der Waals surface area contributed by atoms with Gasteiger partial charge in [-0.15, -0.1) is 17.5 Å². The maximum Gasteiger partial charge on any atom is 0.173 e. The first-order valence-corrected chi connectivity index (χ1v) is 11.9. The lowest BCUT2D eigenvalue weighted by atomic mass is 9.93. The van der Waals surface area contributed by atoms with E-state index in [9.17, 15) is 4.39 Å². The summed E-state index contributed by atoms with van der Waals surface area (Å²) in [5, 5.41) is 12.7. The SMILES string of the molecule is Cl.Fc1ccc(C(c2nnnn2CC2CCCO2)N2CCN(C3CCCCC3)CC2)cc1. The fourth-order valence-electron chi connectivity index (χ4n) is 5.49. The van der Waals surface area contributed by atoms with Gasteiger partial charge in [-0.25, -0.2) is 9.07 Å². The Morgan fingerprint density at radius 1 is 0.969 bits per heavy atom. The minimum Gasteiger partial charge on any atom is -0.376 e. The van der Waals surface area contributed by atoms with E-state index in [1.165, 1.54) is 44.2 Å². The number of halogens is 2. The van der Waals surface area contributed by atoms with Gasteiger partial charge in [-0.2, -0.15) is 0 Å². The molecule has 0 radical (unpaired) electrons. The lowest BCUT2D eigenvalue weighted by Crippen LogP contribution is -2.52. The second-order valence-corrected chi connectivity index (χ2v) is 9.17. The summed E-state index contributed by atoms with van der Waals surface area (Å²) in [5.41, 5.74) is 1.04.